The highest BCUT2D eigenvalue weighted by Crippen LogP contribution is 2.33. The minimum absolute atomic E-state index is 0.293. The topological polar surface area (TPSA) is 58.4 Å². The summed E-state index contributed by atoms with van der Waals surface area (Å²) in [4.78, 5) is 18.1. The molecule has 0 unspecified atom stereocenters. The van der Waals surface area contributed by atoms with Gasteiger partial charge in [-0.2, -0.15) is 0 Å². The lowest BCUT2D eigenvalue weighted by molar-refractivity contribution is 0.0699. The van der Waals surface area contributed by atoms with E-state index in [2.05, 4.69) is 29.8 Å². The van der Waals surface area contributed by atoms with E-state index in [-0.39, 0.29) is 0 Å². The van der Waals surface area contributed by atoms with Crippen LogP contribution in [-0.4, -0.2) is 27.7 Å². The zero-order valence-corrected chi connectivity index (χ0v) is 17.0. The standard InChI is InChI=1S/C20H23N3O2.C2H6/c1-13(2)16-9-15(22(3)11-14-7-5-6-8-21-14)10-17-18(20(24)25)12-23(4)19(16)17;1-2/h5-10,12-13H,11H2,1-4H3,(H,24,25);1-2H3. The van der Waals surface area contributed by atoms with Crippen LogP contribution in [0.25, 0.3) is 10.9 Å². The molecule has 0 saturated heterocycles. The van der Waals surface area contributed by atoms with Gasteiger partial charge in [0.2, 0.25) is 0 Å². The second-order valence-electron chi connectivity index (χ2n) is 6.72. The van der Waals surface area contributed by atoms with Gasteiger partial charge in [-0.1, -0.05) is 33.8 Å². The minimum Gasteiger partial charge on any atom is -0.478 e. The monoisotopic (exact) mass is 367 g/mol. The summed E-state index contributed by atoms with van der Waals surface area (Å²) in [5.41, 5.74) is 4.45. The molecule has 0 aliphatic carbocycles. The van der Waals surface area contributed by atoms with Gasteiger partial charge in [0.15, 0.2) is 0 Å². The van der Waals surface area contributed by atoms with Crippen molar-refractivity contribution >= 4 is 22.6 Å². The summed E-state index contributed by atoms with van der Waals surface area (Å²) in [5, 5.41) is 10.3. The van der Waals surface area contributed by atoms with Crippen LogP contribution in [-0.2, 0) is 13.6 Å². The maximum Gasteiger partial charge on any atom is 0.337 e. The van der Waals surface area contributed by atoms with Crippen LogP contribution >= 0.6 is 0 Å². The SMILES string of the molecule is CC.CC(C)c1cc(N(C)Cc2ccccn2)cc2c(C(=O)O)cn(C)c12. The van der Waals surface area contributed by atoms with Crippen molar-refractivity contribution in [3.05, 3.63) is 59.5 Å². The highest BCUT2D eigenvalue weighted by atomic mass is 16.4. The first-order valence-electron chi connectivity index (χ1n) is 9.35. The van der Waals surface area contributed by atoms with Gasteiger partial charge in [-0.15, -0.1) is 0 Å². The predicted molar refractivity (Wildman–Crippen MR) is 112 cm³/mol. The smallest absolute Gasteiger partial charge is 0.337 e. The Labute approximate surface area is 161 Å². The van der Waals surface area contributed by atoms with E-state index < -0.39 is 5.97 Å². The van der Waals surface area contributed by atoms with Crippen molar-refractivity contribution < 1.29 is 9.90 Å². The number of rotatable bonds is 5. The molecule has 3 rings (SSSR count). The molecule has 5 heteroatoms. The number of hydrogen-bond donors (Lipinski definition) is 1. The van der Waals surface area contributed by atoms with E-state index in [0.29, 0.717) is 18.0 Å². The van der Waals surface area contributed by atoms with Crippen LogP contribution in [0.4, 0.5) is 5.69 Å². The first-order chi connectivity index (χ1) is 12.9. The molecule has 0 aliphatic heterocycles. The van der Waals surface area contributed by atoms with Crippen LogP contribution in [0.1, 0.15) is 55.2 Å². The zero-order valence-electron chi connectivity index (χ0n) is 17.0. The molecule has 2 heterocycles. The van der Waals surface area contributed by atoms with Gasteiger partial charge in [-0.05, 0) is 35.7 Å². The molecule has 0 spiro atoms. The molecule has 1 N–H and O–H groups in total. The lowest BCUT2D eigenvalue weighted by atomic mass is 9.98. The van der Waals surface area contributed by atoms with Gasteiger partial charge < -0.3 is 14.6 Å². The summed E-state index contributed by atoms with van der Waals surface area (Å²) in [7, 11) is 3.90. The second kappa shape index (κ2) is 8.71. The Morgan fingerprint density at radius 1 is 1.26 bits per heavy atom. The molecule has 3 aromatic rings. The van der Waals surface area contributed by atoms with Crippen LogP contribution in [0.2, 0.25) is 0 Å². The van der Waals surface area contributed by atoms with Gasteiger partial charge in [0.1, 0.15) is 0 Å². The molecule has 0 bridgehead atoms. The Balaban J connectivity index is 0.00000126. The Bertz CT molecular complexity index is 914. The number of aromatic carboxylic acids is 1. The molecule has 1 aromatic carbocycles. The highest BCUT2D eigenvalue weighted by molar-refractivity contribution is 6.05. The average Bonchev–Trinajstić information content (AvgIpc) is 3.00. The fourth-order valence-electron chi connectivity index (χ4n) is 3.22. The molecule has 0 atom stereocenters. The minimum atomic E-state index is -0.898. The Hall–Kier alpha value is -2.82. The number of benzene rings is 1. The van der Waals surface area contributed by atoms with E-state index in [1.54, 1.807) is 12.4 Å². The van der Waals surface area contributed by atoms with Gasteiger partial charge in [0.25, 0.3) is 0 Å². The van der Waals surface area contributed by atoms with Gasteiger partial charge in [-0.25, -0.2) is 4.79 Å². The predicted octanol–water partition coefficient (Wildman–Crippen LogP) is 5.06. The zero-order chi connectivity index (χ0) is 20.1. The largest absolute Gasteiger partial charge is 0.478 e. The van der Waals surface area contributed by atoms with Crippen molar-refractivity contribution in [3.63, 3.8) is 0 Å². The van der Waals surface area contributed by atoms with Crippen LogP contribution in [0.3, 0.4) is 0 Å². The van der Waals surface area contributed by atoms with E-state index in [9.17, 15) is 9.90 Å². The molecule has 2 aromatic heterocycles. The van der Waals surface area contributed by atoms with Crippen molar-refractivity contribution in [1.82, 2.24) is 9.55 Å². The molecule has 0 amide bonds. The van der Waals surface area contributed by atoms with Gasteiger partial charge >= 0.3 is 5.97 Å². The van der Waals surface area contributed by atoms with Crippen LogP contribution in [0.15, 0.2) is 42.7 Å². The number of carboxylic acid groups (broad SMARTS) is 1. The number of pyridine rings is 1. The number of carbonyl (C=O) groups is 1. The van der Waals surface area contributed by atoms with E-state index >= 15 is 0 Å². The molecular formula is C22H29N3O2. The Morgan fingerprint density at radius 2 is 1.96 bits per heavy atom. The number of aromatic nitrogens is 2. The summed E-state index contributed by atoms with van der Waals surface area (Å²) >= 11 is 0. The molecule has 0 fully saturated rings. The van der Waals surface area contributed by atoms with Crippen LogP contribution < -0.4 is 4.90 Å². The summed E-state index contributed by atoms with van der Waals surface area (Å²) in [5.74, 6) is -0.606. The number of carboxylic acids is 1. The highest BCUT2D eigenvalue weighted by Gasteiger charge is 2.19. The molecular weight excluding hydrogens is 338 g/mol. The first-order valence-corrected chi connectivity index (χ1v) is 9.35. The van der Waals surface area contributed by atoms with Crippen molar-refractivity contribution in [2.24, 2.45) is 7.05 Å². The number of nitrogens with zero attached hydrogens (tertiary/aromatic N) is 3. The van der Waals surface area contributed by atoms with E-state index in [4.69, 9.17) is 0 Å². The third kappa shape index (κ3) is 4.30. The lowest BCUT2D eigenvalue weighted by Gasteiger charge is -2.21. The van der Waals surface area contributed by atoms with Crippen molar-refractivity contribution in [3.8, 4) is 0 Å². The Morgan fingerprint density at radius 3 is 2.52 bits per heavy atom. The Kier molecular flexibility index (Phi) is 6.61. The maximum atomic E-state index is 11.6. The second-order valence-corrected chi connectivity index (χ2v) is 6.72. The third-order valence-electron chi connectivity index (χ3n) is 4.51. The van der Waals surface area contributed by atoms with Crippen molar-refractivity contribution in [2.45, 2.75) is 40.2 Å². The molecule has 5 nitrogen and oxygen atoms in total. The molecule has 0 radical (unpaired) electrons. The van der Waals surface area contributed by atoms with Crippen LogP contribution in [0.5, 0.6) is 0 Å². The molecule has 27 heavy (non-hydrogen) atoms. The average molecular weight is 367 g/mol. The quantitative estimate of drug-likeness (QED) is 0.685. The number of aryl methyl sites for hydroxylation is 1. The van der Waals surface area contributed by atoms with Crippen molar-refractivity contribution in [1.29, 1.82) is 0 Å². The third-order valence-corrected chi connectivity index (χ3v) is 4.51. The molecule has 144 valence electrons. The molecule has 0 saturated carbocycles. The van der Waals surface area contributed by atoms with Gasteiger partial charge in [-0.3, -0.25) is 4.98 Å². The normalized spacial score (nSPS) is 10.6. The fraction of sp³-hybridized carbons (Fsp3) is 0.364. The van der Waals surface area contributed by atoms with Gasteiger partial charge in [0.05, 0.1) is 23.3 Å². The van der Waals surface area contributed by atoms with E-state index in [1.165, 1.54) is 0 Å². The summed E-state index contributed by atoms with van der Waals surface area (Å²) in [6.07, 6.45) is 3.48. The summed E-state index contributed by atoms with van der Waals surface area (Å²) < 4.78 is 1.91. The summed E-state index contributed by atoms with van der Waals surface area (Å²) in [6, 6.07) is 9.98. The first kappa shape index (κ1) is 20.5. The number of fused-ring (bicyclic) bond motifs is 1. The van der Waals surface area contributed by atoms with Gasteiger partial charge in [0, 0.05) is 37.6 Å². The van der Waals surface area contributed by atoms with E-state index in [1.807, 2.05) is 56.8 Å². The van der Waals surface area contributed by atoms with Crippen molar-refractivity contribution in [2.75, 3.05) is 11.9 Å². The van der Waals surface area contributed by atoms with Crippen LogP contribution in [0, 0.1) is 0 Å². The molecule has 0 aliphatic rings. The number of hydrogen-bond acceptors (Lipinski definition) is 3. The maximum absolute atomic E-state index is 11.6. The lowest BCUT2D eigenvalue weighted by Crippen LogP contribution is -2.17. The fourth-order valence-corrected chi connectivity index (χ4v) is 3.22. The number of anilines is 1. The summed E-state index contributed by atoms with van der Waals surface area (Å²) in [6.45, 7) is 8.93. The van der Waals surface area contributed by atoms with E-state index in [0.717, 1.165) is 27.8 Å².